The van der Waals surface area contributed by atoms with Gasteiger partial charge in [-0.3, -0.25) is 4.79 Å². The van der Waals surface area contributed by atoms with E-state index in [9.17, 15) is 13.6 Å². The lowest BCUT2D eigenvalue weighted by molar-refractivity contribution is -0.122. The molecule has 1 aliphatic carbocycles. The number of carbonyl (C=O) groups is 1. The smallest absolute Gasteiger partial charge is 0.136 e. The van der Waals surface area contributed by atoms with Crippen molar-refractivity contribution in [1.29, 1.82) is 0 Å². The zero-order valence-corrected chi connectivity index (χ0v) is 9.72. The van der Waals surface area contributed by atoms with Crippen molar-refractivity contribution in [3.63, 3.8) is 0 Å². The van der Waals surface area contributed by atoms with E-state index >= 15 is 0 Å². The van der Waals surface area contributed by atoms with Gasteiger partial charge in [0.25, 0.3) is 0 Å². The van der Waals surface area contributed by atoms with E-state index in [2.05, 4.69) is 0 Å². The highest BCUT2D eigenvalue weighted by molar-refractivity contribution is 5.81. The summed E-state index contributed by atoms with van der Waals surface area (Å²) in [6.07, 6.45) is 4.95. The molecule has 0 spiro atoms. The Labute approximate surface area is 99.8 Å². The first-order valence-corrected chi connectivity index (χ1v) is 6.13. The zero-order valence-electron chi connectivity index (χ0n) is 9.72. The first-order valence-electron chi connectivity index (χ1n) is 6.13. The van der Waals surface area contributed by atoms with Crippen LogP contribution in [0.5, 0.6) is 0 Å². The van der Waals surface area contributed by atoms with Crippen LogP contribution in [0.25, 0.3) is 0 Å². The minimum absolute atomic E-state index is 0.179. The van der Waals surface area contributed by atoms with Crippen molar-refractivity contribution in [1.82, 2.24) is 0 Å². The maximum Gasteiger partial charge on any atom is 0.136 e. The molecule has 0 heterocycles. The van der Waals surface area contributed by atoms with Crippen molar-refractivity contribution in [3.8, 4) is 0 Å². The lowest BCUT2D eigenvalue weighted by Crippen LogP contribution is -2.11. The lowest BCUT2D eigenvalue weighted by Gasteiger charge is -2.08. The monoisotopic (exact) mass is 238 g/mol. The Morgan fingerprint density at radius 3 is 2.59 bits per heavy atom. The van der Waals surface area contributed by atoms with Crippen molar-refractivity contribution in [2.24, 2.45) is 5.92 Å². The van der Waals surface area contributed by atoms with Crippen molar-refractivity contribution in [2.45, 2.75) is 38.5 Å². The number of ketones is 1. The average Bonchev–Trinajstić information content (AvgIpc) is 2.81. The van der Waals surface area contributed by atoms with Crippen molar-refractivity contribution in [2.75, 3.05) is 0 Å². The molecule has 1 aromatic carbocycles. The van der Waals surface area contributed by atoms with Gasteiger partial charge in [-0.2, -0.15) is 0 Å². The SMILES string of the molecule is O=C(CCc1ccc(F)cc1F)C1CCCC1. The third-order valence-electron chi connectivity index (χ3n) is 3.47. The summed E-state index contributed by atoms with van der Waals surface area (Å²) >= 11 is 0. The van der Waals surface area contributed by atoms with E-state index in [-0.39, 0.29) is 11.7 Å². The molecule has 0 aliphatic heterocycles. The minimum Gasteiger partial charge on any atom is -0.299 e. The fraction of sp³-hybridized carbons (Fsp3) is 0.500. The van der Waals surface area contributed by atoms with E-state index in [4.69, 9.17) is 0 Å². The summed E-state index contributed by atoms with van der Waals surface area (Å²) in [7, 11) is 0. The molecule has 0 bridgehead atoms. The fourth-order valence-corrected chi connectivity index (χ4v) is 2.43. The quantitative estimate of drug-likeness (QED) is 0.782. The van der Waals surface area contributed by atoms with Crippen LogP contribution in [0.3, 0.4) is 0 Å². The molecule has 17 heavy (non-hydrogen) atoms. The standard InChI is InChI=1S/C14H16F2O/c15-12-7-5-10(13(16)9-12)6-8-14(17)11-3-1-2-4-11/h5,7,9,11H,1-4,6,8H2. The van der Waals surface area contributed by atoms with Crippen LogP contribution in [0.4, 0.5) is 8.78 Å². The van der Waals surface area contributed by atoms with Gasteiger partial charge in [0.15, 0.2) is 0 Å². The van der Waals surface area contributed by atoms with Crippen LogP contribution in [0, 0.1) is 17.6 Å². The number of benzene rings is 1. The lowest BCUT2D eigenvalue weighted by atomic mass is 9.97. The van der Waals surface area contributed by atoms with Crippen molar-refractivity contribution < 1.29 is 13.6 Å². The second kappa shape index (κ2) is 5.39. The molecule has 1 aliphatic rings. The molecule has 3 heteroatoms. The zero-order chi connectivity index (χ0) is 12.3. The highest BCUT2D eigenvalue weighted by Gasteiger charge is 2.22. The van der Waals surface area contributed by atoms with Crippen LogP contribution in [-0.4, -0.2) is 5.78 Å². The van der Waals surface area contributed by atoms with Gasteiger partial charge in [0.1, 0.15) is 17.4 Å². The van der Waals surface area contributed by atoms with Crippen molar-refractivity contribution in [3.05, 3.63) is 35.4 Å². The number of rotatable bonds is 4. The van der Waals surface area contributed by atoms with Gasteiger partial charge in [0.2, 0.25) is 0 Å². The highest BCUT2D eigenvalue weighted by atomic mass is 19.1. The maximum atomic E-state index is 13.3. The van der Waals surface area contributed by atoms with E-state index in [1.165, 1.54) is 12.1 Å². The van der Waals surface area contributed by atoms with Gasteiger partial charge in [-0.1, -0.05) is 18.9 Å². The van der Waals surface area contributed by atoms with Crippen molar-refractivity contribution >= 4 is 5.78 Å². The maximum absolute atomic E-state index is 13.3. The summed E-state index contributed by atoms with van der Waals surface area (Å²) in [6.45, 7) is 0. The third kappa shape index (κ3) is 3.11. The summed E-state index contributed by atoms with van der Waals surface area (Å²) in [5, 5.41) is 0. The number of Topliss-reactive ketones (excluding diaryl/α,β-unsaturated/α-hetero) is 1. The van der Waals surface area contributed by atoms with Crippen LogP contribution in [-0.2, 0) is 11.2 Å². The predicted molar refractivity (Wildman–Crippen MR) is 61.6 cm³/mol. The second-order valence-corrected chi connectivity index (χ2v) is 4.68. The Hall–Kier alpha value is -1.25. The second-order valence-electron chi connectivity index (χ2n) is 4.68. The first-order chi connectivity index (χ1) is 8.16. The molecule has 0 saturated heterocycles. The molecule has 0 aromatic heterocycles. The number of carbonyl (C=O) groups excluding carboxylic acids is 1. The van der Waals surface area contributed by atoms with Gasteiger partial charge in [-0.15, -0.1) is 0 Å². The first kappa shape index (κ1) is 12.2. The largest absolute Gasteiger partial charge is 0.299 e. The van der Waals surface area contributed by atoms with Crippen LogP contribution in [0.1, 0.15) is 37.7 Å². The Bertz CT molecular complexity index is 409. The normalized spacial score (nSPS) is 16.4. The van der Waals surface area contributed by atoms with Gasteiger partial charge < -0.3 is 0 Å². The van der Waals surface area contributed by atoms with E-state index in [0.717, 1.165) is 31.7 Å². The molecule has 1 nitrogen and oxygen atoms in total. The van der Waals surface area contributed by atoms with Gasteiger partial charge >= 0.3 is 0 Å². The molecule has 0 N–H and O–H groups in total. The van der Waals surface area contributed by atoms with Gasteiger partial charge in [0, 0.05) is 18.4 Å². The van der Waals surface area contributed by atoms with Gasteiger partial charge in [0.05, 0.1) is 0 Å². The Kier molecular flexibility index (Phi) is 3.87. The third-order valence-corrected chi connectivity index (χ3v) is 3.47. The molecule has 0 unspecified atom stereocenters. The average molecular weight is 238 g/mol. The van der Waals surface area contributed by atoms with E-state index in [0.29, 0.717) is 18.4 Å². The summed E-state index contributed by atoms with van der Waals surface area (Å²) in [5.41, 5.74) is 0.428. The molecule has 0 radical (unpaired) electrons. The van der Waals surface area contributed by atoms with Gasteiger partial charge in [-0.05, 0) is 30.9 Å². The Morgan fingerprint density at radius 2 is 1.94 bits per heavy atom. The number of hydrogen-bond donors (Lipinski definition) is 0. The molecule has 1 aromatic rings. The van der Waals surface area contributed by atoms with E-state index in [1.54, 1.807) is 0 Å². The molecular formula is C14H16F2O. The van der Waals surface area contributed by atoms with E-state index < -0.39 is 11.6 Å². The van der Waals surface area contributed by atoms with Gasteiger partial charge in [-0.25, -0.2) is 8.78 Å². The van der Waals surface area contributed by atoms with Crippen LogP contribution < -0.4 is 0 Å². The Balaban J connectivity index is 1.90. The van der Waals surface area contributed by atoms with Crippen LogP contribution >= 0.6 is 0 Å². The molecule has 0 amide bonds. The number of aryl methyl sites for hydroxylation is 1. The summed E-state index contributed by atoms with van der Waals surface area (Å²) < 4.78 is 26.0. The fourth-order valence-electron chi connectivity index (χ4n) is 2.43. The molecule has 1 fully saturated rings. The number of hydrogen-bond acceptors (Lipinski definition) is 1. The summed E-state index contributed by atoms with van der Waals surface area (Å²) in [4.78, 5) is 11.8. The Morgan fingerprint density at radius 1 is 1.24 bits per heavy atom. The summed E-state index contributed by atoms with van der Waals surface area (Å²) in [5.74, 6) is -0.720. The molecule has 92 valence electrons. The van der Waals surface area contributed by atoms with Crippen LogP contribution in [0.2, 0.25) is 0 Å². The number of halogens is 2. The minimum atomic E-state index is -0.576. The predicted octanol–water partition coefficient (Wildman–Crippen LogP) is 3.66. The molecular weight excluding hydrogens is 222 g/mol. The van der Waals surface area contributed by atoms with E-state index in [1.807, 2.05) is 0 Å². The molecule has 0 atom stereocenters. The van der Waals surface area contributed by atoms with Crippen LogP contribution in [0.15, 0.2) is 18.2 Å². The molecule has 1 saturated carbocycles. The summed E-state index contributed by atoms with van der Waals surface area (Å²) in [6, 6.07) is 3.53. The highest BCUT2D eigenvalue weighted by Crippen LogP contribution is 2.27. The topological polar surface area (TPSA) is 17.1 Å². The molecule has 2 rings (SSSR count).